The van der Waals surface area contributed by atoms with Gasteiger partial charge in [-0.3, -0.25) is 0 Å². The molecule has 0 aliphatic rings. The second-order valence-electron chi connectivity index (χ2n) is 3.94. The molecule has 84 valence electrons. The molecule has 1 aromatic carbocycles. The Morgan fingerprint density at radius 3 is 2.60 bits per heavy atom. The Kier molecular flexibility index (Phi) is 5.29. The van der Waals surface area contributed by atoms with E-state index in [2.05, 4.69) is 22.0 Å². The van der Waals surface area contributed by atoms with E-state index < -0.39 is 0 Å². The Morgan fingerprint density at radius 2 is 2.00 bits per heavy atom. The third kappa shape index (κ3) is 4.78. The summed E-state index contributed by atoms with van der Waals surface area (Å²) in [6.45, 7) is 4.65. The van der Waals surface area contributed by atoms with Gasteiger partial charge in [-0.05, 0) is 31.9 Å². The highest BCUT2D eigenvalue weighted by molar-refractivity contribution is 9.10. The molecule has 1 atom stereocenters. The van der Waals surface area contributed by atoms with Gasteiger partial charge in [0, 0.05) is 10.5 Å². The van der Waals surface area contributed by atoms with Crippen LogP contribution in [-0.4, -0.2) is 18.8 Å². The van der Waals surface area contributed by atoms with Crippen LogP contribution in [0.2, 0.25) is 0 Å². The first-order chi connectivity index (χ1) is 7.09. The van der Waals surface area contributed by atoms with E-state index in [4.69, 9.17) is 10.5 Å². The largest absolute Gasteiger partial charge is 0.377 e. The predicted molar refractivity (Wildman–Crippen MR) is 66.9 cm³/mol. The molecule has 1 aromatic rings. The van der Waals surface area contributed by atoms with Gasteiger partial charge in [-0.2, -0.15) is 0 Å². The fourth-order valence-electron chi connectivity index (χ4n) is 1.32. The molecule has 1 unspecified atom stereocenters. The average molecular weight is 272 g/mol. The molecule has 1 rings (SSSR count). The number of benzene rings is 1. The topological polar surface area (TPSA) is 35.2 Å². The molecule has 2 nitrogen and oxygen atoms in total. The van der Waals surface area contributed by atoms with Crippen LogP contribution in [0.15, 0.2) is 28.7 Å². The highest BCUT2D eigenvalue weighted by Gasteiger charge is 2.07. The van der Waals surface area contributed by atoms with Gasteiger partial charge in [0.2, 0.25) is 0 Å². The average Bonchev–Trinajstić information content (AvgIpc) is 2.18. The summed E-state index contributed by atoms with van der Waals surface area (Å²) in [6, 6.07) is 8.20. The van der Waals surface area contributed by atoms with Crippen molar-refractivity contribution in [3.05, 3.63) is 34.3 Å². The van der Waals surface area contributed by atoms with Crippen LogP contribution in [0.5, 0.6) is 0 Å². The van der Waals surface area contributed by atoms with E-state index in [1.54, 1.807) is 0 Å². The molecule has 0 aromatic heterocycles. The van der Waals surface area contributed by atoms with Gasteiger partial charge in [0.05, 0.1) is 12.7 Å². The molecular formula is C12H18BrNO. The van der Waals surface area contributed by atoms with Gasteiger partial charge in [-0.25, -0.2) is 0 Å². The molecule has 0 saturated carbocycles. The molecular weight excluding hydrogens is 254 g/mol. The van der Waals surface area contributed by atoms with Crippen molar-refractivity contribution in [1.29, 1.82) is 0 Å². The zero-order valence-corrected chi connectivity index (χ0v) is 10.8. The molecule has 0 aliphatic heterocycles. The van der Waals surface area contributed by atoms with Gasteiger partial charge in [0.15, 0.2) is 0 Å². The van der Waals surface area contributed by atoms with E-state index in [9.17, 15) is 0 Å². The Morgan fingerprint density at radius 1 is 1.33 bits per heavy atom. The van der Waals surface area contributed by atoms with E-state index in [0.29, 0.717) is 6.61 Å². The molecule has 0 saturated heterocycles. The minimum atomic E-state index is 0.0612. The number of rotatable bonds is 5. The highest BCUT2D eigenvalue weighted by atomic mass is 79.9. The van der Waals surface area contributed by atoms with Crippen LogP contribution in [0, 0.1) is 0 Å². The van der Waals surface area contributed by atoms with E-state index >= 15 is 0 Å². The summed E-state index contributed by atoms with van der Waals surface area (Å²) in [5, 5.41) is 0. The lowest BCUT2D eigenvalue weighted by Gasteiger charge is -2.15. The quantitative estimate of drug-likeness (QED) is 0.894. The Labute approximate surface area is 99.9 Å². The van der Waals surface area contributed by atoms with E-state index in [1.807, 2.05) is 32.0 Å². The molecule has 0 amide bonds. The van der Waals surface area contributed by atoms with Crippen LogP contribution in [0.4, 0.5) is 0 Å². The van der Waals surface area contributed by atoms with E-state index in [-0.39, 0.29) is 12.1 Å². The zero-order valence-electron chi connectivity index (χ0n) is 9.24. The Balaban J connectivity index is 2.44. The summed E-state index contributed by atoms with van der Waals surface area (Å²) in [5.41, 5.74) is 7.21. The highest BCUT2D eigenvalue weighted by Crippen LogP contribution is 2.17. The lowest BCUT2D eigenvalue weighted by atomic mass is 10.1. The van der Waals surface area contributed by atoms with Gasteiger partial charge in [-0.15, -0.1) is 0 Å². The van der Waals surface area contributed by atoms with Crippen LogP contribution >= 0.6 is 15.9 Å². The second-order valence-corrected chi connectivity index (χ2v) is 4.79. The smallest absolute Gasteiger partial charge is 0.0624 e. The van der Waals surface area contributed by atoms with Crippen LogP contribution < -0.4 is 5.73 Å². The number of ether oxygens (including phenoxy) is 1. The van der Waals surface area contributed by atoms with Crippen molar-refractivity contribution in [1.82, 2.24) is 0 Å². The van der Waals surface area contributed by atoms with Crippen molar-refractivity contribution in [2.75, 3.05) is 6.61 Å². The van der Waals surface area contributed by atoms with E-state index in [1.165, 1.54) is 5.56 Å². The van der Waals surface area contributed by atoms with E-state index in [0.717, 1.165) is 10.9 Å². The minimum absolute atomic E-state index is 0.0612. The standard InChI is InChI=1S/C12H18BrNO/c1-9(2)15-8-11(14)7-10-5-3-4-6-12(10)13/h3-6,9,11H,7-8,14H2,1-2H3. The maximum Gasteiger partial charge on any atom is 0.0624 e. The molecule has 0 spiro atoms. The zero-order chi connectivity index (χ0) is 11.3. The van der Waals surface area contributed by atoms with Gasteiger partial charge in [-0.1, -0.05) is 34.1 Å². The van der Waals surface area contributed by atoms with Crippen molar-refractivity contribution >= 4 is 15.9 Å². The molecule has 15 heavy (non-hydrogen) atoms. The summed E-state index contributed by atoms with van der Waals surface area (Å²) < 4.78 is 6.59. The van der Waals surface area contributed by atoms with Crippen molar-refractivity contribution in [2.45, 2.75) is 32.4 Å². The van der Waals surface area contributed by atoms with Gasteiger partial charge >= 0.3 is 0 Å². The maximum atomic E-state index is 5.98. The number of halogens is 1. The SMILES string of the molecule is CC(C)OCC(N)Cc1ccccc1Br. The second kappa shape index (κ2) is 6.26. The van der Waals surface area contributed by atoms with Crippen molar-refractivity contribution in [3.8, 4) is 0 Å². The third-order valence-electron chi connectivity index (χ3n) is 2.08. The number of hydrogen-bond acceptors (Lipinski definition) is 2. The first-order valence-electron chi connectivity index (χ1n) is 5.20. The summed E-state index contributed by atoms with van der Waals surface area (Å²) in [7, 11) is 0. The monoisotopic (exact) mass is 271 g/mol. The Bertz CT molecular complexity index is 301. The first kappa shape index (κ1) is 12.7. The lowest BCUT2D eigenvalue weighted by Crippen LogP contribution is -2.30. The first-order valence-corrected chi connectivity index (χ1v) is 5.99. The van der Waals surface area contributed by atoms with Gasteiger partial charge < -0.3 is 10.5 Å². The molecule has 0 fully saturated rings. The summed E-state index contributed by atoms with van der Waals surface area (Å²) in [5.74, 6) is 0. The molecule has 0 radical (unpaired) electrons. The predicted octanol–water partition coefficient (Wildman–Crippen LogP) is 2.74. The van der Waals surface area contributed by atoms with Crippen LogP contribution in [0.3, 0.4) is 0 Å². The van der Waals surface area contributed by atoms with Crippen LogP contribution in [-0.2, 0) is 11.2 Å². The van der Waals surface area contributed by atoms with Gasteiger partial charge in [0.1, 0.15) is 0 Å². The lowest BCUT2D eigenvalue weighted by molar-refractivity contribution is 0.0684. The number of hydrogen-bond donors (Lipinski definition) is 1. The maximum absolute atomic E-state index is 5.98. The van der Waals surface area contributed by atoms with Crippen molar-refractivity contribution < 1.29 is 4.74 Å². The summed E-state index contributed by atoms with van der Waals surface area (Å²) in [4.78, 5) is 0. The van der Waals surface area contributed by atoms with Crippen LogP contribution in [0.25, 0.3) is 0 Å². The normalized spacial score (nSPS) is 13.1. The third-order valence-corrected chi connectivity index (χ3v) is 2.86. The Hall–Kier alpha value is -0.380. The molecule has 3 heteroatoms. The summed E-state index contributed by atoms with van der Waals surface area (Å²) >= 11 is 3.51. The fourth-order valence-corrected chi connectivity index (χ4v) is 1.77. The molecule has 2 N–H and O–H groups in total. The van der Waals surface area contributed by atoms with Crippen LogP contribution in [0.1, 0.15) is 19.4 Å². The minimum Gasteiger partial charge on any atom is -0.377 e. The molecule has 0 heterocycles. The molecule has 0 bridgehead atoms. The number of nitrogens with two attached hydrogens (primary N) is 1. The molecule has 0 aliphatic carbocycles. The van der Waals surface area contributed by atoms with Crippen molar-refractivity contribution in [2.24, 2.45) is 5.73 Å². The summed E-state index contributed by atoms with van der Waals surface area (Å²) in [6.07, 6.45) is 1.09. The van der Waals surface area contributed by atoms with Crippen molar-refractivity contribution in [3.63, 3.8) is 0 Å². The van der Waals surface area contributed by atoms with Gasteiger partial charge in [0.25, 0.3) is 0 Å². The fraction of sp³-hybridized carbons (Fsp3) is 0.500.